The minimum absolute atomic E-state index is 0.212. The van der Waals surface area contributed by atoms with Crippen LogP contribution in [-0.4, -0.2) is 36.0 Å². The van der Waals surface area contributed by atoms with Crippen molar-refractivity contribution >= 4 is 5.97 Å². The molecule has 2 aliphatic rings. The van der Waals surface area contributed by atoms with E-state index in [0.717, 1.165) is 12.8 Å². The Morgan fingerprint density at radius 3 is 2.67 bits per heavy atom. The molecule has 18 heavy (non-hydrogen) atoms. The Hall–Kier alpha value is -0.610. The quantitative estimate of drug-likeness (QED) is 0.782. The highest BCUT2D eigenvalue weighted by Crippen LogP contribution is 2.40. The SMILES string of the molecule is CC(O)(COC1CCCCC1)C1(C)CCOC1=O. The van der Waals surface area contributed by atoms with Crippen LogP contribution in [0.2, 0.25) is 0 Å². The van der Waals surface area contributed by atoms with Crippen LogP contribution in [0.1, 0.15) is 52.4 Å². The number of ether oxygens (including phenoxy) is 2. The number of carbonyl (C=O) groups is 1. The summed E-state index contributed by atoms with van der Waals surface area (Å²) in [5.41, 5.74) is -1.99. The third kappa shape index (κ3) is 2.54. The van der Waals surface area contributed by atoms with Crippen molar-refractivity contribution in [2.45, 2.75) is 64.1 Å². The molecule has 0 aromatic rings. The van der Waals surface area contributed by atoms with Gasteiger partial charge < -0.3 is 14.6 Å². The van der Waals surface area contributed by atoms with E-state index in [-0.39, 0.29) is 18.7 Å². The van der Waals surface area contributed by atoms with E-state index in [1.807, 2.05) is 0 Å². The molecule has 1 saturated carbocycles. The number of aliphatic hydroxyl groups is 1. The van der Waals surface area contributed by atoms with E-state index in [4.69, 9.17) is 9.47 Å². The van der Waals surface area contributed by atoms with Crippen molar-refractivity contribution in [3.8, 4) is 0 Å². The molecule has 4 heteroatoms. The maximum atomic E-state index is 11.8. The first-order chi connectivity index (χ1) is 8.46. The molecule has 1 saturated heterocycles. The fraction of sp³-hybridized carbons (Fsp3) is 0.929. The summed E-state index contributed by atoms with van der Waals surface area (Å²) >= 11 is 0. The number of rotatable bonds is 4. The molecule has 1 aliphatic carbocycles. The van der Waals surface area contributed by atoms with Gasteiger partial charge in [-0.25, -0.2) is 0 Å². The summed E-state index contributed by atoms with van der Waals surface area (Å²) in [5, 5.41) is 10.5. The van der Waals surface area contributed by atoms with Gasteiger partial charge in [0, 0.05) is 6.42 Å². The van der Waals surface area contributed by atoms with Crippen molar-refractivity contribution in [3.63, 3.8) is 0 Å². The third-order valence-corrected chi connectivity index (χ3v) is 4.63. The van der Waals surface area contributed by atoms with Gasteiger partial charge in [0.25, 0.3) is 0 Å². The Kier molecular flexibility index (Phi) is 3.97. The van der Waals surface area contributed by atoms with Gasteiger partial charge >= 0.3 is 5.97 Å². The van der Waals surface area contributed by atoms with E-state index < -0.39 is 11.0 Å². The minimum Gasteiger partial charge on any atom is -0.465 e. The zero-order valence-corrected chi connectivity index (χ0v) is 11.4. The average molecular weight is 256 g/mol. The second-order valence-electron chi connectivity index (χ2n) is 6.06. The lowest BCUT2D eigenvalue weighted by atomic mass is 9.73. The van der Waals surface area contributed by atoms with Crippen molar-refractivity contribution in [1.82, 2.24) is 0 Å². The molecule has 0 bridgehead atoms. The zero-order valence-electron chi connectivity index (χ0n) is 11.4. The van der Waals surface area contributed by atoms with Crippen molar-refractivity contribution in [3.05, 3.63) is 0 Å². The summed E-state index contributed by atoms with van der Waals surface area (Å²) in [7, 11) is 0. The second-order valence-corrected chi connectivity index (χ2v) is 6.06. The zero-order chi connectivity index (χ0) is 13.2. The van der Waals surface area contributed by atoms with E-state index in [1.54, 1.807) is 13.8 Å². The Morgan fingerprint density at radius 2 is 2.11 bits per heavy atom. The number of hydrogen-bond donors (Lipinski definition) is 1. The summed E-state index contributed by atoms with van der Waals surface area (Å²) in [6.07, 6.45) is 6.62. The van der Waals surface area contributed by atoms with Crippen molar-refractivity contribution in [2.75, 3.05) is 13.2 Å². The third-order valence-electron chi connectivity index (χ3n) is 4.63. The fourth-order valence-corrected chi connectivity index (χ4v) is 2.77. The first-order valence-corrected chi connectivity index (χ1v) is 6.97. The predicted molar refractivity (Wildman–Crippen MR) is 67.1 cm³/mol. The molecule has 2 rings (SSSR count). The summed E-state index contributed by atoms with van der Waals surface area (Å²) in [6.45, 7) is 4.06. The molecule has 0 aromatic heterocycles. The molecule has 2 atom stereocenters. The van der Waals surface area contributed by atoms with Gasteiger partial charge in [0.1, 0.15) is 5.60 Å². The van der Waals surface area contributed by atoms with Crippen molar-refractivity contribution in [1.29, 1.82) is 0 Å². The summed E-state index contributed by atoms with van der Waals surface area (Å²) in [5.74, 6) is -0.306. The van der Waals surface area contributed by atoms with E-state index in [9.17, 15) is 9.90 Å². The summed E-state index contributed by atoms with van der Waals surface area (Å²) in [4.78, 5) is 11.8. The van der Waals surface area contributed by atoms with Gasteiger partial charge in [-0.15, -0.1) is 0 Å². The van der Waals surface area contributed by atoms with Crippen LogP contribution in [0.15, 0.2) is 0 Å². The Morgan fingerprint density at radius 1 is 1.44 bits per heavy atom. The smallest absolute Gasteiger partial charge is 0.314 e. The largest absolute Gasteiger partial charge is 0.465 e. The summed E-state index contributed by atoms with van der Waals surface area (Å²) < 4.78 is 10.8. The van der Waals surface area contributed by atoms with Gasteiger partial charge in [0.15, 0.2) is 0 Å². The number of carbonyl (C=O) groups excluding carboxylic acids is 1. The van der Waals surface area contributed by atoms with Crippen LogP contribution in [0, 0.1) is 5.41 Å². The van der Waals surface area contributed by atoms with Gasteiger partial charge in [-0.3, -0.25) is 4.79 Å². The van der Waals surface area contributed by atoms with E-state index >= 15 is 0 Å². The molecule has 1 aliphatic heterocycles. The molecule has 4 nitrogen and oxygen atoms in total. The number of hydrogen-bond acceptors (Lipinski definition) is 4. The topological polar surface area (TPSA) is 55.8 Å². The van der Waals surface area contributed by atoms with Crippen LogP contribution in [0.3, 0.4) is 0 Å². The highest BCUT2D eigenvalue weighted by atomic mass is 16.5. The molecule has 0 aromatic carbocycles. The van der Waals surface area contributed by atoms with Gasteiger partial charge in [0.2, 0.25) is 0 Å². The van der Waals surface area contributed by atoms with E-state index in [2.05, 4.69) is 0 Å². The molecule has 2 fully saturated rings. The molecule has 0 radical (unpaired) electrons. The van der Waals surface area contributed by atoms with Crippen LogP contribution in [0.5, 0.6) is 0 Å². The van der Waals surface area contributed by atoms with Crippen molar-refractivity contribution < 1.29 is 19.4 Å². The normalized spacial score (nSPS) is 33.2. The van der Waals surface area contributed by atoms with Gasteiger partial charge in [0.05, 0.1) is 24.7 Å². The van der Waals surface area contributed by atoms with Crippen LogP contribution in [0.4, 0.5) is 0 Å². The lowest BCUT2D eigenvalue weighted by molar-refractivity contribution is -0.168. The highest BCUT2D eigenvalue weighted by molar-refractivity contribution is 5.79. The molecule has 104 valence electrons. The fourth-order valence-electron chi connectivity index (χ4n) is 2.77. The molecule has 2 unspecified atom stereocenters. The Balaban J connectivity index is 1.91. The van der Waals surface area contributed by atoms with Gasteiger partial charge in [-0.05, 0) is 26.7 Å². The standard InChI is InChI=1S/C14H24O4/c1-13(8-9-17-12(13)15)14(2,16)10-18-11-6-4-3-5-7-11/h11,16H,3-10H2,1-2H3. The first-order valence-electron chi connectivity index (χ1n) is 6.97. The second kappa shape index (κ2) is 5.17. The molecular formula is C14H24O4. The monoisotopic (exact) mass is 256 g/mol. The van der Waals surface area contributed by atoms with Crippen molar-refractivity contribution in [2.24, 2.45) is 5.41 Å². The molecule has 0 amide bonds. The molecule has 1 heterocycles. The van der Waals surface area contributed by atoms with Gasteiger partial charge in [-0.1, -0.05) is 19.3 Å². The Labute approximate surface area is 109 Å². The average Bonchev–Trinajstić information content (AvgIpc) is 2.70. The Bertz CT molecular complexity index is 307. The lowest BCUT2D eigenvalue weighted by Crippen LogP contribution is -2.51. The first kappa shape index (κ1) is 13.8. The maximum absolute atomic E-state index is 11.8. The van der Waals surface area contributed by atoms with Crippen LogP contribution >= 0.6 is 0 Å². The van der Waals surface area contributed by atoms with E-state index in [1.165, 1.54) is 19.3 Å². The number of cyclic esters (lactones) is 1. The highest BCUT2D eigenvalue weighted by Gasteiger charge is 2.53. The maximum Gasteiger partial charge on any atom is 0.314 e. The lowest BCUT2D eigenvalue weighted by Gasteiger charge is -2.37. The summed E-state index contributed by atoms with van der Waals surface area (Å²) in [6, 6.07) is 0. The molecular weight excluding hydrogens is 232 g/mol. The molecule has 0 spiro atoms. The van der Waals surface area contributed by atoms with Crippen LogP contribution in [0.25, 0.3) is 0 Å². The van der Waals surface area contributed by atoms with Gasteiger partial charge in [-0.2, -0.15) is 0 Å². The molecule has 1 N–H and O–H groups in total. The van der Waals surface area contributed by atoms with Crippen LogP contribution in [-0.2, 0) is 14.3 Å². The predicted octanol–water partition coefficient (Wildman–Crippen LogP) is 2.04. The number of esters is 1. The van der Waals surface area contributed by atoms with E-state index in [0.29, 0.717) is 13.0 Å². The minimum atomic E-state index is -1.15. The van der Waals surface area contributed by atoms with Crippen LogP contribution < -0.4 is 0 Å².